The van der Waals surface area contributed by atoms with Crippen LogP contribution in [0.25, 0.3) is 0 Å². The quantitative estimate of drug-likeness (QED) is 0.718. The predicted octanol–water partition coefficient (Wildman–Crippen LogP) is 0.837. The molecule has 0 rings (SSSR count). The lowest BCUT2D eigenvalue weighted by Gasteiger charge is -2.26. The Labute approximate surface area is 102 Å². The minimum Gasteiger partial charge on any atom is -0.477 e. The monoisotopic (exact) mass is 268 g/mol. The first-order chi connectivity index (χ1) is 8.09. The Morgan fingerprint density at radius 2 is 1.78 bits per heavy atom. The zero-order valence-corrected chi connectivity index (χ0v) is 10.1. The van der Waals surface area contributed by atoms with Crippen molar-refractivity contribution in [3.05, 3.63) is 0 Å². The van der Waals surface area contributed by atoms with E-state index in [-0.39, 0.29) is 0 Å². The van der Waals surface area contributed by atoms with Gasteiger partial charge in [-0.3, -0.25) is 4.79 Å². The predicted molar refractivity (Wildman–Crippen MR) is 53.9 cm³/mol. The van der Waals surface area contributed by atoms with Crippen LogP contribution in [-0.4, -0.2) is 41.6 Å². The van der Waals surface area contributed by atoms with Gasteiger partial charge in [-0.1, -0.05) is 13.8 Å². The summed E-state index contributed by atoms with van der Waals surface area (Å²) in [6.45, 7) is 2.74. The molecule has 0 aliphatic carbocycles. The average Bonchev–Trinajstić information content (AvgIpc) is 2.21. The zero-order chi connectivity index (χ0) is 14.5. The first-order valence-corrected chi connectivity index (χ1v) is 5.03. The Balaban J connectivity index is 4.70. The Hall–Kier alpha value is -1.73. The molecule has 0 fully saturated rings. The highest BCUT2D eigenvalue weighted by molar-refractivity contribution is 5.78. The number of aliphatic carboxylic acids is 1. The second-order valence-electron chi connectivity index (χ2n) is 3.86. The molecule has 0 aliphatic heterocycles. The molecular formula is C10H14F2O6. The second-order valence-corrected chi connectivity index (χ2v) is 3.86. The molecule has 0 radical (unpaired) electrons. The van der Waals surface area contributed by atoms with Crippen molar-refractivity contribution in [1.29, 1.82) is 0 Å². The molecule has 0 saturated carbocycles. The van der Waals surface area contributed by atoms with Crippen molar-refractivity contribution in [2.24, 2.45) is 5.92 Å². The number of ether oxygens (including phenoxy) is 2. The van der Waals surface area contributed by atoms with Crippen molar-refractivity contribution in [1.82, 2.24) is 0 Å². The number of alkyl halides is 2. The van der Waals surface area contributed by atoms with Gasteiger partial charge in [-0.15, -0.1) is 0 Å². The molecule has 1 N–H and O–H groups in total. The molecule has 6 nitrogen and oxygen atoms in total. The van der Waals surface area contributed by atoms with Gasteiger partial charge >= 0.3 is 23.8 Å². The van der Waals surface area contributed by atoms with Gasteiger partial charge in [-0.25, -0.2) is 9.59 Å². The summed E-state index contributed by atoms with van der Waals surface area (Å²) in [5.74, 6) is -9.53. The highest BCUT2D eigenvalue weighted by atomic mass is 19.3. The van der Waals surface area contributed by atoms with E-state index in [0.29, 0.717) is 0 Å². The van der Waals surface area contributed by atoms with Gasteiger partial charge in [0.15, 0.2) is 12.7 Å². The molecule has 104 valence electrons. The van der Waals surface area contributed by atoms with Crippen molar-refractivity contribution in [2.45, 2.75) is 32.8 Å². The third-order valence-electron chi connectivity index (χ3n) is 1.90. The summed E-state index contributed by atoms with van der Waals surface area (Å²) in [7, 11) is 0. The number of hydrogen-bond donors (Lipinski definition) is 1. The third kappa shape index (κ3) is 4.64. The zero-order valence-electron chi connectivity index (χ0n) is 10.1. The van der Waals surface area contributed by atoms with Crippen molar-refractivity contribution < 1.29 is 37.7 Å². The number of halogens is 2. The van der Waals surface area contributed by atoms with Gasteiger partial charge in [0.2, 0.25) is 0 Å². The molecule has 1 unspecified atom stereocenters. The van der Waals surface area contributed by atoms with Gasteiger partial charge in [0.25, 0.3) is 0 Å². The Kier molecular flexibility index (Phi) is 5.67. The Morgan fingerprint density at radius 1 is 1.28 bits per heavy atom. The highest BCUT2D eigenvalue weighted by Gasteiger charge is 2.51. The number of carbonyl (C=O) groups is 3. The summed E-state index contributed by atoms with van der Waals surface area (Å²) in [6, 6.07) is 0. The van der Waals surface area contributed by atoms with Crippen LogP contribution in [0.4, 0.5) is 8.78 Å². The van der Waals surface area contributed by atoms with E-state index in [9.17, 15) is 23.2 Å². The van der Waals surface area contributed by atoms with Crippen LogP contribution in [0, 0.1) is 5.92 Å². The molecular weight excluding hydrogens is 254 g/mol. The maximum Gasteiger partial charge on any atom is 0.378 e. The van der Waals surface area contributed by atoms with E-state index in [1.54, 1.807) is 0 Å². The summed E-state index contributed by atoms with van der Waals surface area (Å²) < 4.78 is 35.1. The van der Waals surface area contributed by atoms with E-state index >= 15 is 0 Å². The van der Waals surface area contributed by atoms with Crippen molar-refractivity contribution in [2.75, 3.05) is 6.61 Å². The van der Waals surface area contributed by atoms with Gasteiger partial charge in [0, 0.05) is 6.92 Å². The van der Waals surface area contributed by atoms with Gasteiger partial charge in [-0.05, 0) is 5.92 Å². The van der Waals surface area contributed by atoms with Gasteiger partial charge in [0.05, 0.1) is 0 Å². The fraction of sp³-hybridized carbons (Fsp3) is 0.700. The summed E-state index contributed by atoms with van der Waals surface area (Å²) in [4.78, 5) is 31.9. The topological polar surface area (TPSA) is 89.9 Å². The maximum atomic E-state index is 13.2. The smallest absolute Gasteiger partial charge is 0.378 e. The number of esters is 2. The summed E-state index contributed by atoms with van der Waals surface area (Å²) >= 11 is 0. The Morgan fingerprint density at radius 3 is 2.11 bits per heavy atom. The molecule has 1 atom stereocenters. The van der Waals surface area contributed by atoms with E-state index in [0.717, 1.165) is 6.92 Å². The first-order valence-electron chi connectivity index (χ1n) is 5.03. The van der Waals surface area contributed by atoms with Gasteiger partial charge in [-0.2, -0.15) is 8.78 Å². The Bertz CT molecular complexity index is 339. The van der Waals surface area contributed by atoms with Crippen LogP contribution in [0.3, 0.4) is 0 Å². The SMILES string of the molecule is CC(=O)OCC(=O)OC(C(C)C)C(F)(F)C(=O)O. The highest BCUT2D eigenvalue weighted by Crippen LogP contribution is 2.27. The van der Waals surface area contributed by atoms with Crippen LogP contribution < -0.4 is 0 Å². The molecule has 0 amide bonds. The van der Waals surface area contributed by atoms with Gasteiger partial charge in [0.1, 0.15) is 0 Å². The van der Waals surface area contributed by atoms with Crippen LogP contribution >= 0.6 is 0 Å². The lowest BCUT2D eigenvalue weighted by molar-refractivity contribution is -0.201. The van der Waals surface area contributed by atoms with Crippen LogP contribution in [0.5, 0.6) is 0 Å². The molecule has 0 aromatic heterocycles. The third-order valence-corrected chi connectivity index (χ3v) is 1.90. The van der Waals surface area contributed by atoms with E-state index in [1.165, 1.54) is 13.8 Å². The minimum atomic E-state index is -4.21. The molecule has 0 aromatic carbocycles. The van der Waals surface area contributed by atoms with Crippen molar-refractivity contribution in [3.8, 4) is 0 Å². The molecule has 8 heteroatoms. The van der Waals surface area contributed by atoms with E-state index in [1.807, 2.05) is 0 Å². The molecule has 0 bridgehead atoms. The minimum absolute atomic E-state index is 0.780. The second kappa shape index (κ2) is 6.27. The van der Waals surface area contributed by atoms with E-state index in [4.69, 9.17) is 5.11 Å². The largest absolute Gasteiger partial charge is 0.477 e. The molecule has 0 heterocycles. The normalized spacial score (nSPS) is 13.0. The molecule has 18 heavy (non-hydrogen) atoms. The van der Waals surface area contributed by atoms with Crippen LogP contribution in [0.1, 0.15) is 20.8 Å². The van der Waals surface area contributed by atoms with Gasteiger partial charge < -0.3 is 14.6 Å². The molecule has 0 spiro atoms. The van der Waals surface area contributed by atoms with Crippen LogP contribution in [0.15, 0.2) is 0 Å². The van der Waals surface area contributed by atoms with Crippen LogP contribution in [0.2, 0.25) is 0 Å². The number of carboxylic acids is 1. The average molecular weight is 268 g/mol. The van der Waals surface area contributed by atoms with E-state index < -0.39 is 42.5 Å². The van der Waals surface area contributed by atoms with Crippen molar-refractivity contribution in [3.63, 3.8) is 0 Å². The fourth-order valence-electron chi connectivity index (χ4n) is 1.09. The standard InChI is InChI=1S/C10H14F2O6/c1-5(2)8(10(11,12)9(15)16)18-7(14)4-17-6(3)13/h5,8H,4H2,1-3H3,(H,15,16). The van der Waals surface area contributed by atoms with Crippen molar-refractivity contribution >= 4 is 17.9 Å². The number of carboxylic acid groups (broad SMARTS) is 1. The lowest BCUT2D eigenvalue weighted by atomic mass is 10.0. The maximum absolute atomic E-state index is 13.2. The number of rotatable bonds is 6. The number of hydrogen-bond acceptors (Lipinski definition) is 5. The first kappa shape index (κ1) is 16.3. The lowest BCUT2D eigenvalue weighted by Crippen LogP contribution is -2.47. The van der Waals surface area contributed by atoms with E-state index in [2.05, 4.69) is 9.47 Å². The summed E-state index contributed by atoms with van der Waals surface area (Å²) in [5.41, 5.74) is 0. The number of carbonyl (C=O) groups excluding carboxylic acids is 2. The summed E-state index contributed by atoms with van der Waals surface area (Å²) in [5, 5.41) is 8.36. The molecule has 0 aromatic rings. The van der Waals surface area contributed by atoms with Crippen LogP contribution in [-0.2, 0) is 23.9 Å². The summed E-state index contributed by atoms with van der Waals surface area (Å²) in [6.07, 6.45) is -2.13. The molecule has 0 aliphatic rings. The fourth-order valence-corrected chi connectivity index (χ4v) is 1.09. The molecule has 0 saturated heterocycles.